The number of piperidine rings is 1. The number of alkyl halides is 2. The van der Waals surface area contributed by atoms with E-state index in [0.717, 1.165) is 33.8 Å². The van der Waals surface area contributed by atoms with Crippen molar-refractivity contribution in [2.75, 3.05) is 24.6 Å². The number of carboxylic acid groups (broad SMARTS) is 1. The zero-order chi connectivity index (χ0) is 29.2. The van der Waals surface area contributed by atoms with Gasteiger partial charge in [-0.1, -0.05) is 26.0 Å². The van der Waals surface area contributed by atoms with E-state index < -0.39 is 17.3 Å². The molecule has 10 heteroatoms. The molecule has 218 valence electrons. The number of aliphatic imine (C=N–C) groups is 2. The van der Waals surface area contributed by atoms with Gasteiger partial charge < -0.3 is 14.7 Å². The second-order valence-electron chi connectivity index (χ2n) is 11.2. The van der Waals surface area contributed by atoms with Gasteiger partial charge in [0.25, 0.3) is 11.7 Å². The molecule has 2 N–H and O–H groups in total. The van der Waals surface area contributed by atoms with Crippen molar-refractivity contribution in [3.63, 3.8) is 0 Å². The first-order chi connectivity index (χ1) is 19.6. The van der Waals surface area contributed by atoms with Crippen molar-refractivity contribution in [1.82, 2.24) is 4.98 Å². The highest BCUT2D eigenvalue weighted by molar-refractivity contribution is 6.32. The summed E-state index contributed by atoms with van der Waals surface area (Å²) in [5, 5.41) is 10.1. The first-order valence-corrected chi connectivity index (χ1v) is 14.3. The summed E-state index contributed by atoms with van der Waals surface area (Å²) in [6.07, 6.45) is 3.38. The van der Waals surface area contributed by atoms with Crippen LogP contribution in [0.5, 0.6) is 5.75 Å². The second-order valence-corrected chi connectivity index (χ2v) is 11.2. The summed E-state index contributed by atoms with van der Waals surface area (Å²) in [6, 6.07) is 13.5. The molecular weight excluding hydrogens is 528 g/mol. The molecule has 3 heterocycles. The molecule has 3 aromatic rings. The van der Waals surface area contributed by atoms with E-state index in [9.17, 15) is 18.7 Å². The lowest BCUT2D eigenvalue weighted by Crippen LogP contribution is -2.43. The molecule has 1 fully saturated rings. The molecule has 0 bridgehead atoms. The van der Waals surface area contributed by atoms with E-state index in [1.807, 2.05) is 63.2 Å². The van der Waals surface area contributed by atoms with Crippen LogP contribution in [0.4, 0.5) is 14.5 Å². The predicted octanol–water partition coefficient (Wildman–Crippen LogP) is 5.42. The number of H-pyrrole nitrogens is 1. The van der Waals surface area contributed by atoms with Gasteiger partial charge in [0.05, 0.1) is 24.1 Å². The van der Waals surface area contributed by atoms with Crippen molar-refractivity contribution in [3.8, 4) is 5.75 Å². The van der Waals surface area contributed by atoms with Crippen molar-refractivity contribution in [2.45, 2.75) is 71.5 Å². The molecule has 1 atom stereocenters. The number of rotatable bonds is 11. The summed E-state index contributed by atoms with van der Waals surface area (Å²) in [7, 11) is 0. The lowest BCUT2D eigenvalue weighted by Gasteiger charge is -2.34. The highest BCUT2D eigenvalue weighted by Gasteiger charge is 2.39. The zero-order valence-electron chi connectivity index (χ0n) is 23.9. The SMILES string of the molecule is CCC(CC)(Cc1[nH]c2ccc(OCC3=NC(C)N=C3)cc2[n+]1Cc1ccc(N2CCCC(F)(F)C2)cc1)C(=O)O. The molecule has 0 radical (unpaired) electrons. The van der Waals surface area contributed by atoms with E-state index in [2.05, 4.69) is 19.5 Å². The summed E-state index contributed by atoms with van der Waals surface area (Å²) in [4.78, 5) is 26.3. The van der Waals surface area contributed by atoms with Gasteiger partial charge in [-0.2, -0.15) is 0 Å². The summed E-state index contributed by atoms with van der Waals surface area (Å²) in [5.41, 5.74) is 3.41. The third kappa shape index (κ3) is 6.26. The number of aromatic amines is 1. The van der Waals surface area contributed by atoms with Crippen LogP contribution in [0, 0.1) is 5.41 Å². The molecule has 41 heavy (non-hydrogen) atoms. The van der Waals surface area contributed by atoms with Gasteiger partial charge in [0.1, 0.15) is 25.1 Å². The molecule has 0 aliphatic carbocycles. The minimum absolute atomic E-state index is 0.0680. The van der Waals surface area contributed by atoms with E-state index in [4.69, 9.17) is 4.74 Å². The molecule has 1 aromatic heterocycles. The standard InChI is InChI=1S/C31H37F2N5O3/c1-4-30(5-2,29(39)40)16-28-36-26-12-11-25(41-19-23-17-34-21(3)35-23)15-27(26)38(28)18-22-7-9-24(10-8-22)37-14-6-13-31(32,33)20-37/h7-12,15,17,21H,4-6,13-14,16,18-20H2,1-3H3,(H,39,40)/p+1. The number of carbonyl (C=O) groups is 1. The van der Waals surface area contributed by atoms with E-state index in [-0.39, 0.29) is 19.1 Å². The second kappa shape index (κ2) is 11.6. The van der Waals surface area contributed by atoms with Crippen LogP contribution >= 0.6 is 0 Å². The van der Waals surface area contributed by atoms with E-state index in [1.165, 1.54) is 0 Å². The van der Waals surface area contributed by atoms with Gasteiger partial charge >= 0.3 is 5.97 Å². The maximum atomic E-state index is 14.0. The molecule has 0 amide bonds. The van der Waals surface area contributed by atoms with Crippen LogP contribution in [-0.4, -0.2) is 59.8 Å². The summed E-state index contributed by atoms with van der Waals surface area (Å²) >= 11 is 0. The number of aliphatic carboxylic acids is 1. The van der Waals surface area contributed by atoms with Crippen molar-refractivity contribution in [1.29, 1.82) is 0 Å². The highest BCUT2D eigenvalue weighted by atomic mass is 19.3. The fourth-order valence-electron chi connectivity index (χ4n) is 5.73. The number of anilines is 1. The third-order valence-electron chi connectivity index (χ3n) is 8.39. The van der Waals surface area contributed by atoms with Crippen LogP contribution < -0.4 is 14.2 Å². The zero-order valence-corrected chi connectivity index (χ0v) is 23.9. The Bertz CT molecular complexity index is 1460. The van der Waals surface area contributed by atoms with Crippen LogP contribution in [0.1, 0.15) is 57.8 Å². The maximum Gasteiger partial charge on any atom is 0.310 e. The molecule has 0 spiro atoms. The van der Waals surface area contributed by atoms with Gasteiger partial charge in [-0.05, 0) is 56.0 Å². The van der Waals surface area contributed by atoms with Gasteiger partial charge in [0.15, 0.2) is 11.0 Å². The van der Waals surface area contributed by atoms with Gasteiger partial charge in [0, 0.05) is 30.9 Å². The number of aromatic nitrogens is 2. The Morgan fingerprint density at radius 1 is 1.22 bits per heavy atom. The first kappa shape index (κ1) is 28.7. The van der Waals surface area contributed by atoms with E-state index >= 15 is 0 Å². The van der Waals surface area contributed by atoms with Crippen LogP contribution in [0.3, 0.4) is 0 Å². The molecule has 8 nitrogen and oxygen atoms in total. The fraction of sp³-hybridized carbons (Fsp3) is 0.484. The topological polar surface area (TPSA) is 94.2 Å². The van der Waals surface area contributed by atoms with Gasteiger partial charge in [0.2, 0.25) is 0 Å². The summed E-state index contributed by atoms with van der Waals surface area (Å²) in [6.45, 7) is 6.87. The number of carboxylic acids is 1. The van der Waals surface area contributed by atoms with E-state index in [0.29, 0.717) is 51.1 Å². The Morgan fingerprint density at radius 3 is 2.61 bits per heavy atom. The Kier molecular flexibility index (Phi) is 8.11. The van der Waals surface area contributed by atoms with Crippen LogP contribution in [0.25, 0.3) is 11.0 Å². The molecule has 2 aliphatic rings. The number of fused-ring (bicyclic) bond motifs is 1. The van der Waals surface area contributed by atoms with Gasteiger partial charge in [-0.3, -0.25) is 14.8 Å². The monoisotopic (exact) mass is 566 g/mol. The van der Waals surface area contributed by atoms with Crippen LogP contribution in [-0.2, 0) is 17.8 Å². The Labute approximate surface area is 238 Å². The number of halogens is 2. The average Bonchev–Trinajstić information content (AvgIpc) is 3.52. The minimum atomic E-state index is -2.67. The number of hydrogen-bond acceptors (Lipinski definition) is 5. The van der Waals surface area contributed by atoms with Gasteiger partial charge in [-0.25, -0.2) is 18.3 Å². The smallest absolute Gasteiger partial charge is 0.310 e. The van der Waals surface area contributed by atoms with Crippen molar-refractivity contribution in [2.24, 2.45) is 15.4 Å². The Hall–Kier alpha value is -3.82. The molecular formula is C31H38F2N5O3+. The average molecular weight is 567 g/mol. The van der Waals surface area contributed by atoms with Crippen molar-refractivity contribution < 1.29 is 28.0 Å². The third-order valence-corrected chi connectivity index (χ3v) is 8.39. The van der Waals surface area contributed by atoms with Crippen molar-refractivity contribution in [3.05, 3.63) is 53.9 Å². The summed E-state index contributed by atoms with van der Waals surface area (Å²) in [5.74, 6) is -2.00. The molecule has 1 saturated heterocycles. The molecule has 2 aromatic carbocycles. The number of hydrogen-bond donors (Lipinski definition) is 2. The largest absolute Gasteiger partial charge is 0.487 e. The summed E-state index contributed by atoms with van der Waals surface area (Å²) < 4.78 is 36.1. The lowest BCUT2D eigenvalue weighted by atomic mass is 9.79. The van der Waals surface area contributed by atoms with Crippen LogP contribution in [0.15, 0.2) is 52.4 Å². The first-order valence-electron chi connectivity index (χ1n) is 14.3. The minimum Gasteiger partial charge on any atom is -0.487 e. The number of ether oxygens (including phenoxy) is 1. The molecule has 5 rings (SSSR count). The van der Waals surface area contributed by atoms with Crippen LogP contribution in [0.2, 0.25) is 0 Å². The van der Waals surface area contributed by atoms with Gasteiger partial charge in [-0.15, -0.1) is 0 Å². The lowest BCUT2D eigenvalue weighted by molar-refractivity contribution is -0.670. The number of nitrogens with zero attached hydrogens (tertiary/aromatic N) is 4. The van der Waals surface area contributed by atoms with E-state index in [1.54, 1.807) is 11.1 Å². The number of nitrogens with one attached hydrogen (secondary N) is 1. The number of benzene rings is 2. The number of imidazole rings is 1. The normalized spacial score (nSPS) is 18.6. The Balaban J connectivity index is 1.46. The predicted molar refractivity (Wildman–Crippen MR) is 156 cm³/mol. The molecule has 1 unspecified atom stereocenters. The molecule has 0 saturated carbocycles. The van der Waals surface area contributed by atoms with Crippen molar-refractivity contribution >= 4 is 34.6 Å². The maximum absolute atomic E-state index is 14.0. The Morgan fingerprint density at radius 2 is 1.98 bits per heavy atom. The highest BCUT2D eigenvalue weighted by Crippen LogP contribution is 2.32. The fourth-order valence-corrected chi connectivity index (χ4v) is 5.73. The molecule has 2 aliphatic heterocycles. The quantitative estimate of drug-likeness (QED) is 0.303.